The number of amides is 1. The molecule has 0 spiro atoms. The van der Waals surface area contributed by atoms with Crippen LogP contribution in [0.25, 0.3) is 10.6 Å². The number of carbonyl (C=O) groups excluding carboxylic acids is 1. The van der Waals surface area contributed by atoms with Gasteiger partial charge in [0.05, 0.1) is 7.11 Å². The third kappa shape index (κ3) is 4.79. The molecule has 1 atom stereocenters. The van der Waals surface area contributed by atoms with Crippen LogP contribution in [-0.2, 0) is 4.79 Å². The van der Waals surface area contributed by atoms with Crippen molar-refractivity contribution in [2.24, 2.45) is 5.92 Å². The van der Waals surface area contributed by atoms with E-state index in [1.54, 1.807) is 19.4 Å². The molecule has 1 heterocycles. The van der Waals surface area contributed by atoms with Gasteiger partial charge in [-0.05, 0) is 30.2 Å². The number of thiazole rings is 1. The monoisotopic (exact) mass is 334 g/mol. The number of benzene rings is 1. The third-order valence-corrected chi connectivity index (χ3v) is 4.10. The lowest BCUT2D eigenvalue weighted by molar-refractivity contribution is -0.137. The number of nitrogens with one attached hydrogen (secondary N) is 1. The first kappa shape index (κ1) is 17.0. The molecule has 122 valence electrons. The first-order chi connectivity index (χ1) is 11.0. The molecule has 23 heavy (non-hydrogen) atoms. The van der Waals surface area contributed by atoms with E-state index in [1.807, 2.05) is 24.3 Å². The molecule has 7 heteroatoms. The lowest BCUT2D eigenvalue weighted by Gasteiger charge is -2.09. The Bertz CT molecular complexity index is 682. The second kappa shape index (κ2) is 7.73. The van der Waals surface area contributed by atoms with E-state index in [1.165, 1.54) is 11.3 Å². The Labute approximate surface area is 138 Å². The van der Waals surface area contributed by atoms with Crippen LogP contribution in [0.15, 0.2) is 29.6 Å². The fourth-order valence-corrected chi connectivity index (χ4v) is 2.78. The van der Waals surface area contributed by atoms with E-state index < -0.39 is 5.97 Å². The summed E-state index contributed by atoms with van der Waals surface area (Å²) in [4.78, 5) is 27.0. The van der Waals surface area contributed by atoms with Gasteiger partial charge in [0.2, 0.25) is 0 Å². The van der Waals surface area contributed by atoms with E-state index in [0.29, 0.717) is 12.2 Å². The normalized spacial score (nSPS) is 11.7. The Morgan fingerprint density at radius 1 is 1.35 bits per heavy atom. The van der Waals surface area contributed by atoms with Gasteiger partial charge >= 0.3 is 5.97 Å². The predicted octanol–water partition coefficient (Wildman–Crippen LogP) is 2.66. The summed E-state index contributed by atoms with van der Waals surface area (Å²) in [6.07, 6.45) is 0.0223. The van der Waals surface area contributed by atoms with Crippen molar-refractivity contribution in [3.05, 3.63) is 35.3 Å². The highest BCUT2D eigenvalue weighted by atomic mass is 32.1. The summed E-state index contributed by atoms with van der Waals surface area (Å²) < 4.78 is 5.11. The zero-order valence-corrected chi connectivity index (χ0v) is 13.7. The molecule has 1 amide bonds. The summed E-state index contributed by atoms with van der Waals surface area (Å²) in [5.41, 5.74) is 1.25. The minimum absolute atomic E-state index is 0.0223. The van der Waals surface area contributed by atoms with Crippen LogP contribution >= 0.6 is 11.3 Å². The number of carbonyl (C=O) groups is 2. The van der Waals surface area contributed by atoms with E-state index >= 15 is 0 Å². The van der Waals surface area contributed by atoms with Crippen molar-refractivity contribution < 1.29 is 19.4 Å². The first-order valence-electron chi connectivity index (χ1n) is 7.09. The zero-order chi connectivity index (χ0) is 16.8. The van der Waals surface area contributed by atoms with E-state index in [9.17, 15) is 9.59 Å². The van der Waals surface area contributed by atoms with E-state index in [-0.39, 0.29) is 18.2 Å². The Kier molecular flexibility index (Phi) is 5.70. The van der Waals surface area contributed by atoms with Crippen LogP contribution < -0.4 is 10.1 Å². The van der Waals surface area contributed by atoms with Gasteiger partial charge in [0.1, 0.15) is 16.5 Å². The molecular weight excluding hydrogens is 316 g/mol. The minimum atomic E-state index is -0.873. The molecule has 1 unspecified atom stereocenters. The quantitative estimate of drug-likeness (QED) is 0.812. The highest BCUT2D eigenvalue weighted by Crippen LogP contribution is 2.25. The number of methoxy groups -OCH3 is 1. The Morgan fingerprint density at radius 3 is 2.65 bits per heavy atom. The molecule has 1 aromatic carbocycles. The highest BCUT2D eigenvalue weighted by Gasteiger charge is 2.14. The summed E-state index contributed by atoms with van der Waals surface area (Å²) in [5, 5.41) is 13.8. The summed E-state index contributed by atoms with van der Waals surface area (Å²) in [7, 11) is 1.60. The van der Waals surface area contributed by atoms with Crippen LogP contribution in [0.4, 0.5) is 0 Å². The largest absolute Gasteiger partial charge is 0.497 e. The molecule has 0 saturated heterocycles. The topological polar surface area (TPSA) is 88.5 Å². The van der Waals surface area contributed by atoms with Crippen molar-refractivity contribution in [3.8, 4) is 16.3 Å². The van der Waals surface area contributed by atoms with E-state index in [4.69, 9.17) is 9.84 Å². The fourth-order valence-electron chi connectivity index (χ4n) is 1.97. The second-order valence-electron chi connectivity index (χ2n) is 5.18. The SMILES string of the molecule is COc1ccc(-c2nc(C(=O)NCC(C)CC(=O)O)cs2)cc1. The number of rotatable bonds is 7. The number of aromatic nitrogens is 1. The number of hydrogen-bond donors (Lipinski definition) is 2. The molecule has 0 aliphatic heterocycles. The van der Waals surface area contributed by atoms with Crippen LogP contribution in [-0.4, -0.2) is 35.6 Å². The average molecular weight is 334 g/mol. The maximum absolute atomic E-state index is 12.0. The van der Waals surface area contributed by atoms with Gasteiger partial charge in [-0.2, -0.15) is 0 Å². The van der Waals surface area contributed by atoms with Crippen molar-refractivity contribution in [1.82, 2.24) is 10.3 Å². The van der Waals surface area contributed by atoms with Crippen molar-refractivity contribution in [2.75, 3.05) is 13.7 Å². The molecule has 0 fully saturated rings. The number of ether oxygens (including phenoxy) is 1. The van der Waals surface area contributed by atoms with Crippen LogP contribution in [0, 0.1) is 5.92 Å². The predicted molar refractivity (Wildman–Crippen MR) is 87.9 cm³/mol. The molecule has 2 aromatic rings. The molecular formula is C16H18N2O4S. The van der Waals surface area contributed by atoms with Gasteiger partial charge in [-0.15, -0.1) is 11.3 Å². The van der Waals surface area contributed by atoms with Crippen LogP contribution in [0.5, 0.6) is 5.75 Å². The number of carboxylic acids is 1. The Hall–Kier alpha value is -2.41. The zero-order valence-electron chi connectivity index (χ0n) is 12.9. The first-order valence-corrected chi connectivity index (χ1v) is 7.97. The second-order valence-corrected chi connectivity index (χ2v) is 6.04. The Morgan fingerprint density at radius 2 is 2.04 bits per heavy atom. The average Bonchev–Trinajstić information content (AvgIpc) is 3.02. The molecule has 0 radical (unpaired) electrons. The number of aliphatic carboxylic acids is 1. The fraction of sp³-hybridized carbons (Fsp3) is 0.312. The molecule has 6 nitrogen and oxygen atoms in total. The lowest BCUT2D eigenvalue weighted by Crippen LogP contribution is -2.29. The summed E-state index contributed by atoms with van der Waals surface area (Å²) in [6.45, 7) is 2.08. The van der Waals surface area contributed by atoms with E-state index in [0.717, 1.165) is 16.3 Å². The molecule has 2 N–H and O–H groups in total. The maximum atomic E-state index is 12.0. The molecule has 0 aliphatic carbocycles. The maximum Gasteiger partial charge on any atom is 0.303 e. The van der Waals surface area contributed by atoms with Crippen molar-refractivity contribution in [3.63, 3.8) is 0 Å². The van der Waals surface area contributed by atoms with Crippen molar-refractivity contribution in [1.29, 1.82) is 0 Å². The highest BCUT2D eigenvalue weighted by molar-refractivity contribution is 7.13. The van der Waals surface area contributed by atoms with Gasteiger partial charge in [0.25, 0.3) is 5.91 Å². The molecule has 0 aliphatic rings. The summed E-state index contributed by atoms with van der Waals surface area (Å²) >= 11 is 1.38. The molecule has 0 saturated carbocycles. The van der Waals surface area contributed by atoms with Gasteiger partial charge in [0, 0.05) is 23.9 Å². The molecule has 0 bridgehead atoms. The van der Waals surface area contributed by atoms with Crippen LogP contribution in [0.2, 0.25) is 0 Å². The van der Waals surface area contributed by atoms with Gasteiger partial charge in [-0.1, -0.05) is 6.92 Å². The summed E-state index contributed by atoms with van der Waals surface area (Å²) in [6, 6.07) is 7.44. The summed E-state index contributed by atoms with van der Waals surface area (Å²) in [5.74, 6) is -0.535. The molecule has 1 aromatic heterocycles. The smallest absolute Gasteiger partial charge is 0.303 e. The standard InChI is InChI=1S/C16H18N2O4S/c1-10(7-14(19)20)8-17-15(21)13-9-23-16(18-13)11-3-5-12(22-2)6-4-11/h3-6,9-10H,7-8H2,1-2H3,(H,17,21)(H,19,20). The minimum Gasteiger partial charge on any atom is -0.497 e. The van der Waals surface area contributed by atoms with Gasteiger partial charge < -0.3 is 15.2 Å². The van der Waals surface area contributed by atoms with Crippen molar-refractivity contribution in [2.45, 2.75) is 13.3 Å². The number of hydrogen-bond acceptors (Lipinski definition) is 5. The van der Waals surface area contributed by atoms with Gasteiger partial charge in [-0.3, -0.25) is 9.59 Å². The Balaban J connectivity index is 1.97. The van der Waals surface area contributed by atoms with Crippen LogP contribution in [0.1, 0.15) is 23.8 Å². The van der Waals surface area contributed by atoms with Gasteiger partial charge in [0.15, 0.2) is 0 Å². The number of carboxylic acid groups (broad SMARTS) is 1. The van der Waals surface area contributed by atoms with E-state index in [2.05, 4.69) is 10.3 Å². The van der Waals surface area contributed by atoms with Crippen molar-refractivity contribution >= 4 is 23.2 Å². The van der Waals surface area contributed by atoms with Crippen LogP contribution in [0.3, 0.4) is 0 Å². The number of nitrogens with zero attached hydrogens (tertiary/aromatic N) is 1. The lowest BCUT2D eigenvalue weighted by atomic mass is 10.1. The third-order valence-electron chi connectivity index (χ3n) is 3.21. The molecule has 2 rings (SSSR count). The van der Waals surface area contributed by atoms with Gasteiger partial charge in [-0.25, -0.2) is 4.98 Å².